The third-order valence-corrected chi connectivity index (χ3v) is 2.23. The summed E-state index contributed by atoms with van der Waals surface area (Å²) >= 11 is 0. The maximum Gasteiger partial charge on any atom is 0.236 e. The third kappa shape index (κ3) is 4.75. The lowest BCUT2D eigenvalue weighted by atomic mass is 10.1. The third-order valence-electron chi connectivity index (χ3n) is 2.23. The first kappa shape index (κ1) is 13.9. The average molecular weight is 249 g/mol. The Morgan fingerprint density at radius 3 is 2.56 bits per heavy atom. The number of carbonyl (C=O) groups excluding carboxylic acids is 2. The summed E-state index contributed by atoms with van der Waals surface area (Å²) in [7, 11) is 0. The quantitative estimate of drug-likeness (QED) is 0.468. The van der Waals surface area contributed by atoms with Gasteiger partial charge >= 0.3 is 0 Å². The molecule has 1 atom stereocenters. The summed E-state index contributed by atoms with van der Waals surface area (Å²) in [4.78, 5) is 21.1. The average Bonchev–Trinajstić information content (AvgIpc) is 2.30. The van der Waals surface area contributed by atoms with Gasteiger partial charge in [0.1, 0.15) is 6.04 Å². The smallest absolute Gasteiger partial charge is 0.236 e. The molecule has 0 spiro atoms. The van der Waals surface area contributed by atoms with Crippen LogP contribution in [0.1, 0.15) is 18.1 Å². The van der Waals surface area contributed by atoms with Crippen molar-refractivity contribution >= 4 is 18.1 Å². The van der Waals surface area contributed by atoms with Crippen molar-refractivity contribution in [2.45, 2.75) is 19.4 Å². The van der Waals surface area contributed by atoms with E-state index in [1.54, 1.807) is 24.3 Å². The summed E-state index contributed by atoms with van der Waals surface area (Å²) in [6.07, 6.45) is 1.83. The number of quaternary nitrogens is 1. The first-order valence-electron chi connectivity index (χ1n) is 5.41. The Bertz CT molecular complexity index is 454. The molecule has 6 nitrogen and oxygen atoms in total. The molecule has 0 radical (unpaired) electrons. The van der Waals surface area contributed by atoms with Crippen molar-refractivity contribution < 1.29 is 20.4 Å². The summed E-state index contributed by atoms with van der Waals surface area (Å²) in [6.45, 7) is 1.37. The van der Waals surface area contributed by atoms with Crippen molar-refractivity contribution in [3.8, 4) is 0 Å². The van der Waals surface area contributed by atoms with E-state index in [4.69, 9.17) is 0 Å². The van der Waals surface area contributed by atoms with Crippen LogP contribution in [0.2, 0.25) is 0 Å². The zero-order chi connectivity index (χ0) is 13.5. The molecular formula is C12H15N3O3. The molecule has 0 bridgehead atoms. The predicted octanol–water partition coefficient (Wildman–Crippen LogP) is -1.94. The van der Waals surface area contributed by atoms with Gasteiger partial charge in [0.15, 0.2) is 0 Å². The molecule has 0 saturated heterocycles. The molecule has 96 valence electrons. The van der Waals surface area contributed by atoms with E-state index in [2.05, 4.69) is 16.3 Å². The Labute approximate surface area is 104 Å². The van der Waals surface area contributed by atoms with E-state index in [1.165, 1.54) is 13.1 Å². The molecule has 6 heteroatoms. The van der Waals surface area contributed by atoms with Crippen LogP contribution in [0.3, 0.4) is 0 Å². The monoisotopic (exact) mass is 249 g/mol. The number of carboxylic acid groups (broad SMARTS) is 1. The van der Waals surface area contributed by atoms with Crippen LogP contribution in [0.25, 0.3) is 0 Å². The first-order chi connectivity index (χ1) is 8.49. The predicted molar refractivity (Wildman–Crippen MR) is 63.2 cm³/mol. The van der Waals surface area contributed by atoms with Gasteiger partial charge in [-0.25, -0.2) is 5.43 Å². The lowest BCUT2D eigenvalue weighted by molar-refractivity contribution is -0.437. The number of aliphatic carboxylic acids is 1. The van der Waals surface area contributed by atoms with Crippen LogP contribution in [0, 0.1) is 0 Å². The number of hydrogen-bond donors (Lipinski definition) is 2. The van der Waals surface area contributed by atoms with E-state index >= 15 is 0 Å². The molecule has 0 heterocycles. The maximum absolute atomic E-state index is 10.6. The number of hydrazone groups is 1. The molecule has 1 rings (SSSR count). The van der Waals surface area contributed by atoms with Gasteiger partial charge in [-0.1, -0.05) is 24.3 Å². The van der Waals surface area contributed by atoms with Crippen LogP contribution >= 0.6 is 0 Å². The molecule has 1 aromatic carbocycles. The number of hydrogen-bond acceptors (Lipinski definition) is 4. The summed E-state index contributed by atoms with van der Waals surface area (Å²) in [6, 6.07) is 6.38. The molecule has 4 N–H and O–H groups in total. The minimum Gasteiger partial charge on any atom is -0.544 e. The van der Waals surface area contributed by atoms with Gasteiger partial charge < -0.3 is 15.6 Å². The minimum atomic E-state index is -1.16. The molecule has 0 fully saturated rings. The first-order valence-corrected chi connectivity index (χ1v) is 5.41. The molecule has 1 amide bonds. The molecule has 1 aromatic rings. The van der Waals surface area contributed by atoms with E-state index in [1.807, 2.05) is 0 Å². The fourth-order valence-electron chi connectivity index (χ4n) is 1.31. The van der Waals surface area contributed by atoms with E-state index < -0.39 is 12.0 Å². The highest BCUT2D eigenvalue weighted by molar-refractivity contribution is 5.81. The highest BCUT2D eigenvalue weighted by Gasteiger charge is 2.07. The van der Waals surface area contributed by atoms with Gasteiger partial charge in [-0.15, -0.1) is 0 Å². The van der Waals surface area contributed by atoms with E-state index in [0.717, 1.165) is 11.1 Å². The number of nitrogens with one attached hydrogen (secondary N) is 1. The number of benzene rings is 1. The van der Waals surface area contributed by atoms with Crippen molar-refractivity contribution in [2.24, 2.45) is 5.10 Å². The van der Waals surface area contributed by atoms with Crippen LogP contribution < -0.4 is 16.3 Å². The van der Waals surface area contributed by atoms with Gasteiger partial charge in [-0.05, 0) is 11.1 Å². The summed E-state index contributed by atoms with van der Waals surface area (Å²) in [5.74, 6) is -1.40. The molecule has 0 aromatic heterocycles. The van der Waals surface area contributed by atoms with Crippen LogP contribution in [0.4, 0.5) is 0 Å². The highest BCUT2D eigenvalue weighted by atomic mass is 16.4. The van der Waals surface area contributed by atoms with Crippen LogP contribution in [0.5, 0.6) is 0 Å². The lowest BCUT2D eigenvalue weighted by Gasteiger charge is -2.09. The molecule has 0 unspecified atom stereocenters. The second-order valence-corrected chi connectivity index (χ2v) is 3.89. The Kier molecular flexibility index (Phi) is 5.01. The van der Waals surface area contributed by atoms with E-state index in [0.29, 0.717) is 6.42 Å². The molecule has 0 aliphatic rings. The van der Waals surface area contributed by atoms with Crippen molar-refractivity contribution in [3.05, 3.63) is 35.4 Å². The van der Waals surface area contributed by atoms with Crippen molar-refractivity contribution in [3.63, 3.8) is 0 Å². The summed E-state index contributed by atoms with van der Waals surface area (Å²) < 4.78 is 0. The van der Waals surface area contributed by atoms with Gasteiger partial charge in [0.2, 0.25) is 5.91 Å². The van der Waals surface area contributed by atoms with Crippen LogP contribution in [0.15, 0.2) is 29.4 Å². The second kappa shape index (κ2) is 6.51. The van der Waals surface area contributed by atoms with Crippen LogP contribution in [-0.2, 0) is 16.0 Å². The van der Waals surface area contributed by atoms with Gasteiger partial charge in [-0.3, -0.25) is 4.79 Å². The van der Waals surface area contributed by atoms with Crippen molar-refractivity contribution in [1.82, 2.24) is 5.43 Å². The fraction of sp³-hybridized carbons (Fsp3) is 0.250. The molecule has 0 saturated carbocycles. The largest absolute Gasteiger partial charge is 0.544 e. The lowest BCUT2D eigenvalue weighted by Crippen LogP contribution is -2.69. The maximum atomic E-state index is 10.6. The van der Waals surface area contributed by atoms with Gasteiger partial charge in [0.05, 0.1) is 12.2 Å². The normalized spacial score (nSPS) is 12.3. The number of rotatable bonds is 5. The fourth-order valence-corrected chi connectivity index (χ4v) is 1.31. The van der Waals surface area contributed by atoms with Crippen molar-refractivity contribution in [2.75, 3.05) is 0 Å². The molecule has 0 aliphatic heterocycles. The molecule has 18 heavy (non-hydrogen) atoms. The summed E-state index contributed by atoms with van der Waals surface area (Å²) in [5.41, 5.74) is 7.44. The molecule has 0 aliphatic carbocycles. The number of amides is 1. The second-order valence-electron chi connectivity index (χ2n) is 3.89. The van der Waals surface area contributed by atoms with Crippen molar-refractivity contribution in [1.29, 1.82) is 0 Å². The number of carboxylic acids is 1. The highest BCUT2D eigenvalue weighted by Crippen LogP contribution is 2.04. The zero-order valence-electron chi connectivity index (χ0n) is 10.1. The Morgan fingerprint density at radius 1 is 1.44 bits per heavy atom. The Hall–Kier alpha value is -2.21. The summed E-state index contributed by atoms with van der Waals surface area (Å²) in [5, 5.41) is 14.3. The van der Waals surface area contributed by atoms with Gasteiger partial charge in [-0.2, -0.15) is 5.10 Å². The van der Waals surface area contributed by atoms with Crippen LogP contribution in [-0.4, -0.2) is 24.1 Å². The Balaban J connectivity index is 2.60. The standard InChI is InChI=1S/C12H15N3O3/c1-8(16)15-14-7-10-4-2-9(3-5-10)6-11(13)12(17)18/h2-5,7,11H,6,13H2,1H3,(H,15,16)(H,17,18)/b14-7+/t11-/m0/s1. The zero-order valence-corrected chi connectivity index (χ0v) is 10.1. The number of carbonyl (C=O) groups is 2. The SMILES string of the molecule is CC(=O)N/N=C/c1ccc(C[C@H]([NH3+])C(=O)[O-])cc1. The Morgan fingerprint density at radius 2 is 2.06 bits per heavy atom. The van der Waals surface area contributed by atoms with Gasteiger partial charge in [0, 0.05) is 13.3 Å². The van der Waals surface area contributed by atoms with E-state index in [9.17, 15) is 14.7 Å². The molecular weight excluding hydrogens is 234 g/mol. The minimum absolute atomic E-state index is 0.239. The van der Waals surface area contributed by atoms with Gasteiger partial charge in [0.25, 0.3) is 0 Å². The topological polar surface area (TPSA) is 109 Å². The number of nitrogens with zero attached hydrogens (tertiary/aromatic N) is 1. The van der Waals surface area contributed by atoms with E-state index in [-0.39, 0.29) is 5.91 Å².